The molecule has 3 heteroatoms. The van der Waals surface area contributed by atoms with E-state index in [0.29, 0.717) is 12.6 Å². The first-order valence-electron chi connectivity index (χ1n) is 6.40. The lowest BCUT2D eigenvalue weighted by Gasteiger charge is -2.37. The molecule has 1 heterocycles. The van der Waals surface area contributed by atoms with Crippen LogP contribution in [0.25, 0.3) is 0 Å². The number of likely N-dealkylation sites (tertiary alicyclic amines) is 1. The van der Waals surface area contributed by atoms with Crippen molar-refractivity contribution in [2.75, 3.05) is 19.6 Å². The van der Waals surface area contributed by atoms with Gasteiger partial charge in [0.25, 0.3) is 0 Å². The highest BCUT2D eigenvalue weighted by atomic mass is 35.5. The molecule has 1 aliphatic rings. The van der Waals surface area contributed by atoms with Crippen LogP contribution >= 0.6 is 11.6 Å². The zero-order valence-electron chi connectivity index (χ0n) is 10.4. The molecule has 1 aromatic carbocycles. The van der Waals surface area contributed by atoms with Crippen molar-refractivity contribution < 1.29 is 0 Å². The minimum atomic E-state index is 0.343. The fourth-order valence-electron chi connectivity index (χ4n) is 2.69. The highest BCUT2D eigenvalue weighted by Gasteiger charge is 2.23. The molecule has 2 nitrogen and oxygen atoms in total. The van der Waals surface area contributed by atoms with E-state index in [1.54, 1.807) is 0 Å². The third-order valence-electron chi connectivity index (χ3n) is 3.61. The molecular formula is C14H21ClN2. The molecule has 0 saturated carbocycles. The van der Waals surface area contributed by atoms with Gasteiger partial charge < -0.3 is 5.73 Å². The Morgan fingerprint density at radius 3 is 2.71 bits per heavy atom. The zero-order valence-corrected chi connectivity index (χ0v) is 11.2. The van der Waals surface area contributed by atoms with Gasteiger partial charge in [0.2, 0.25) is 0 Å². The number of hydrogen-bond donors (Lipinski definition) is 1. The van der Waals surface area contributed by atoms with E-state index >= 15 is 0 Å². The maximum absolute atomic E-state index is 5.94. The monoisotopic (exact) mass is 252 g/mol. The topological polar surface area (TPSA) is 29.3 Å². The summed E-state index contributed by atoms with van der Waals surface area (Å²) in [5.74, 6) is 0.783. The number of halogens is 1. The van der Waals surface area contributed by atoms with Gasteiger partial charge in [-0.1, -0.05) is 30.7 Å². The van der Waals surface area contributed by atoms with Gasteiger partial charge in [0.1, 0.15) is 0 Å². The Hall–Kier alpha value is -0.570. The van der Waals surface area contributed by atoms with Crippen LogP contribution in [0.1, 0.15) is 31.4 Å². The molecule has 0 aliphatic carbocycles. The molecule has 0 aromatic heterocycles. The van der Waals surface area contributed by atoms with Crippen LogP contribution in [0.5, 0.6) is 0 Å². The highest BCUT2D eigenvalue weighted by Crippen LogP contribution is 2.26. The summed E-state index contributed by atoms with van der Waals surface area (Å²) in [4.78, 5) is 2.51. The zero-order chi connectivity index (χ0) is 12.3. The van der Waals surface area contributed by atoms with Crippen LogP contribution in [0.15, 0.2) is 24.3 Å². The molecule has 1 fully saturated rings. The van der Waals surface area contributed by atoms with Gasteiger partial charge in [-0.05, 0) is 43.0 Å². The summed E-state index contributed by atoms with van der Waals surface area (Å²) in [5.41, 5.74) is 7.23. The lowest BCUT2D eigenvalue weighted by Crippen LogP contribution is -2.40. The van der Waals surface area contributed by atoms with Crippen LogP contribution in [0.4, 0.5) is 0 Å². The van der Waals surface area contributed by atoms with Crippen molar-refractivity contribution in [1.29, 1.82) is 0 Å². The summed E-state index contributed by atoms with van der Waals surface area (Å²) in [6.07, 6.45) is 2.62. The Kier molecular flexibility index (Phi) is 4.43. The van der Waals surface area contributed by atoms with Crippen LogP contribution in [-0.2, 0) is 0 Å². The molecule has 1 aromatic rings. The molecule has 1 saturated heterocycles. The third-order valence-corrected chi connectivity index (χ3v) is 3.86. The Morgan fingerprint density at radius 1 is 1.41 bits per heavy atom. The molecule has 0 spiro atoms. The second kappa shape index (κ2) is 5.85. The summed E-state index contributed by atoms with van der Waals surface area (Å²) in [5, 5.41) is 0.788. The Bertz CT molecular complexity index is 350. The van der Waals surface area contributed by atoms with Crippen LogP contribution < -0.4 is 5.73 Å². The summed E-state index contributed by atoms with van der Waals surface area (Å²) >= 11 is 5.92. The molecular weight excluding hydrogens is 232 g/mol. The van der Waals surface area contributed by atoms with Crippen molar-refractivity contribution in [3.05, 3.63) is 34.9 Å². The lowest BCUT2D eigenvalue weighted by molar-refractivity contribution is 0.133. The highest BCUT2D eigenvalue weighted by molar-refractivity contribution is 6.30. The quantitative estimate of drug-likeness (QED) is 0.896. The predicted molar refractivity (Wildman–Crippen MR) is 73.2 cm³/mol. The number of rotatable bonds is 3. The second-order valence-electron chi connectivity index (χ2n) is 5.05. The molecule has 17 heavy (non-hydrogen) atoms. The van der Waals surface area contributed by atoms with Gasteiger partial charge in [-0.2, -0.15) is 0 Å². The van der Waals surface area contributed by atoms with E-state index in [2.05, 4.69) is 24.0 Å². The van der Waals surface area contributed by atoms with Crippen LogP contribution in [-0.4, -0.2) is 24.5 Å². The van der Waals surface area contributed by atoms with Crippen molar-refractivity contribution in [3.8, 4) is 0 Å². The van der Waals surface area contributed by atoms with Crippen molar-refractivity contribution >= 4 is 11.6 Å². The van der Waals surface area contributed by atoms with Gasteiger partial charge >= 0.3 is 0 Å². The first-order chi connectivity index (χ1) is 8.20. The summed E-state index contributed by atoms with van der Waals surface area (Å²) in [6, 6.07) is 8.44. The van der Waals surface area contributed by atoms with E-state index in [4.69, 9.17) is 17.3 Å². The van der Waals surface area contributed by atoms with Gasteiger partial charge in [-0.3, -0.25) is 4.90 Å². The van der Waals surface area contributed by atoms with E-state index in [1.807, 2.05) is 12.1 Å². The average molecular weight is 253 g/mol. The van der Waals surface area contributed by atoms with Crippen molar-refractivity contribution in [1.82, 2.24) is 4.90 Å². The van der Waals surface area contributed by atoms with E-state index in [0.717, 1.165) is 24.0 Å². The normalized spacial score (nSPS) is 23.6. The summed E-state index contributed by atoms with van der Waals surface area (Å²) in [7, 11) is 0. The Morgan fingerprint density at radius 2 is 2.12 bits per heavy atom. The molecule has 2 N–H and O–H groups in total. The lowest BCUT2D eigenvalue weighted by atomic mass is 9.96. The minimum absolute atomic E-state index is 0.343. The number of nitrogens with two attached hydrogens (primary N) is 1. The Balaban J connectivity index is 2.12. The molecule has 2 rings (SSSR count). The maximum Gasteiger partial charge on any atom is 0.0470 e. The molecule has 94 valence electrons. The fraction of sp³-hybridized carbons (Fsp3) is 0.571. The fourth-order valence-corrected chi connectivity index (χ4v) is 2.82. The van der Waals surface area contributed by atoms with Gasteiger partial charge in [-0.15, -0.1) is 0 Å². The maximum atomic E-state index is 5.94. The molecule has 0 amide bonds. The summed E-state index contributed by atoms with van der Waals surface area (Å²) < 4.78 is 0. The number of hydrogen-bond acceptors (Lipinski definition) is 2. The van der Waals surface area contributed by atoms with E-state index in [9.17, 15) is 0 Å². The first-order valence-corrected chi connectivity index (χ1v) is 6.78. The van der Waals surface area contributed by atoms with Gasteiger partial charge in [-0.25, -0.2) is 0 Å². The third kappa shape index (κ3) is 3.21. The minimum Gasteiger partial charge on any atom is -0.329 e. The molecule has 0 unspecified atom stereocenters. The van der Waals surface area contributed by atoms with Crippen LogP contribution in [0.2, 0.25) is 5.02 Å². The van der Waals surface area contributed by atoms with Crippen molar-refractivity contribution in [2.45, 2.75) is 25.8 Å². The number of benzene rings is 1. The van der Waals surface area contributed by atoms with Crippen LogP contribution in [0, 0.1) is 5.92 Å². The first kappa shape index (κ1) is 12.9. The Labute approximate surface area is 109 Å². The number of nitrogens with zero attached hydrogens (tertiary/aromatic N) is 1. The van der Waals surface area contributed by atoms with Crippen molar-refractivity contribution in [3.63, 3.8) is 0 Å². The van der Waals surface area contributed by atoms with E-state index < -0.39 is 0 Å². The van der Waals surface area contributed by atoms with Gasteiger partial charge in [0.15, 0.2) is 0 Å². The predicted octanol–water partition coefficient (Wildman–Crippen LogP) is 3.07. The van der Waals surface area contributed by atoms with E-state index in [-0.39, 0.29) is 0 Å². The SMILES string of the molecule is C[C@H]1CCCN([C@H](CN)c2ccc(Cl)cc2)C1. The molecule has 0 radical (unpaired) electrons. The van der Waals surface area contributed by atoms with Gasteiger partial charge in [0.05, 0.1) is 0 Å². The van der Waals surface area contributed by atoms with Crippen molar-refractivity contribution in [2.24, 2.45) is 11.7 Å². The molecule has 1 aliphatic heterocycles. The standard InChI is InChI=1S/C14H21ClN2/c1-11-3-2-8-17(10-11)14(9-16)12-4-6-13(15)7-5-12/h4-7,11,14H,2-3,8-10,16H2,1H3/t11-,14+/m0/s1. The molecule has 2 atom stereocenters. The average Bonchev–Trinajstić information content (AvgIpc) is 2.33. The number of piperidine rings is 1. The van der Waals surface area contributed by atoms with E-state index in [1.165, 1.54) is 18.4 Å². The smallest absolute Gasteiger partial charge is 0.0470 e. The van der Waals surface area contributed by atoms with Gasteiger partial charge in [0, 0.05) is 24.2 Å². The van der Waals surface area contributed by atoms with Crippen LogP contribution in [0.3, 0.4) is 0 Å². The largest absolute Gasteiger partial charge is 0.329 e. The summed E-state index contributed by atoms with van der Waals surface area (Å²) in [6.45, 7) is 5.31. The molecule has 0 bridgehead atoms. The second-order valence-corrected chi connectivity index (χ2v) is 5.48.